The minimum Gasteiger partial charge on any atom is -0.496 e. The summed E-state index contributed by atoms with van der Waals surface area (Å²) in [4.78, 5) is 4.55. The van der Waals surface area contributed by atoms with E-state index in [1.807, 2.05) is 13.1 Å². The smallest absolute Gasteiger partial charge is 0.128 e. The molecule has 2 nitrogen and oxygen atoms in total. The van der Waals surface area contributed by atoms with Gasteiger partial charge in [0.2, 0.25) is 0 Å². The van der Waals surface area contributed by atoms with Crippen molar-refractivity contribution in [2.45, 2.75) is 41.0 Å². The standard InChI is InChI=1S/C15H24ClNO/c1-10-9-17-13(11(2)14(10)18-6)7-12(8-16)15(3,4)5/h9,12H,7-8H2,1-6H3. The molecule has 0 bridgehead atoms. The second kappa shape index (κ2) is 5.92. The van der Waals surface area contributed by atoms with Crippen LogP contribution in [0.25, 0.3) is 0 Å². The Morgan fingerprint density at radius 3 is 2.39 bits per heavy atom. The van der Waals surface area contributed by atoms with Gasteiger partial charge in [0, 0.05) is 28.9 Å². The van der Waals surface area contributed by atoms with Gasteiger partial charge in [0.15, 0.2) is 0 Å². The van der Waals surface area contributed by atoms with Crippen LogP contribution in [-0.4, -0.2) is 18.0 Å². The van der Waals surface area contributed by atoms with E-state index in [0.717, 1.165) is 29.0 Å². The summed E-state index contributed by atoms with van der Waals surface area (Å²) in [7, 11) is 1.71. The first-order valence-electron chi connectivity index (χ1n) is 6.36. The van der Waals surface area contributed by atoms with Gasteiger partial charge in [0.1, 0.15) is 5.75 Å². The van der Waals surface area contributed by atoms with E-state index < -0.39 is 0 Å². The second-order valence-corrected chi connectivity index (χ2v) is 6.28. The first-order chi connectivity index (χ1) is 8.31. The maximum Gasteiger partial charge on any atom is 0.128 e. The van der Waals surface area contributed by atoms with Gasteiger partial charge < -0.3 is 4.74 Å². The summed E-state index contributed by atoms with van der Waals surface area (Å²) in [5, 5.41) is 0. The summed E-state index contributed by atoms with van der Waals surface area (Å²) in [5.74, 6) is 2.01. The van der Waals surface area contributed by atoms with Gasteiger partial charge in [-0.1, -0.05) is 20.8 Å². The van der Waals surface area contributed by atoms with Gasteiger partial charge in [0.05, 0.1) is 7.11 Å². The fourth-order valence-electron chi connectivity index (χ4n) is 2.10. The van der Waals surface area contributed by atoms with Gasteiger partial charge in [-0.25, -0.2) is 0 Å². The Morgan fingerprint density at radius 2 is 1.94 bits per heavy atom. The molecule has 1 rings (SSSR count). The van der Waals surface area contributed by atoms with E-state index in [2.05, 4.69) is 32.7 Å². The third-order valence-corrected chi connectivity index (χ3v) is 3.97. The van der Waals surface area contributed by atoms with Crippen molar-refractivity contribution in [3.05, 3.63) is 23.0 Å². The van der Waals surface area contributed by atoms with E-state index in [-0.39, 0.29) is 5.41 Å². The highest BCUT2D eigenvalue weighted by Crippen LogP contribution is 2.32. The largest absolute Gasteiger partial charge is 0.496 e. The van der Waals surface area contributed by atoms with Crippen LogP contribution in [0.15, 0.2) is 6.20 Å². The Bertz CT molecular complexity index is 410. The molecule has 0 aromatic carbocycles. The molecule has 1 heterocycles. The molecule has 0 aliphatic carbocycles. The van der Waals surface area contributed by atoms with E-state index >= 15 is 0 Å². The van der Waals surface area contributed by atoms with Crippen LogP contribution in [0, 0.1) is 25.2 Å². The average molecular weight is 270 g/mol. The van der Waals surface area contributed by atoms with Crippen LogP contribution in [0.5, 0.6) is 5.75 Å². The zero-order valence-electron chi connectivity index (χ0n) is 12.3. The number of alkyl halides is 1. The van der Waals surface area contributed by atoms with Crippen molar-refractivity contribution in [2.24, 2.45) is 11.3 Å². The SMILES string of the molecule is COc1c(C)cnc(CC(CCl)C(C)(C)C)c1C. The average Bonchev–Trinajstić information content (AvgIpc) is 2.27. The van der Waals surface area contributed by atoms with Gasteiger partial charge in [0.25, 0.3) is 0 Å². The predicted molar refractivity (Wildman–Crippen MR) is 77.6 cm³/mol. The van der Waals surface area contributed by atoms with Crippen LogP contribution in [0.2, 0.25) is 0 Å². The first-order valence-corrected chi connectivity index (χ1v) is 6.89. The molecule has 102 valence electrons. The Kier molecular flexibility index (Phi) is 5.03. The number of hydrogen-bond donors (Lipinski definition) is 0. The normalized spacial score (nSPS) is 13.5. The minimum absolute atomic E-state index is 0.188. The third kappa shape index (κ3) is 3.38. The first kappa shape index (κ1) is 15.3. The Morgan fingerprint density at radius 1 is 1.33 bits per heavy atom. The van der Waals surface area contributed by atoms with E-state index in [1.54, 1.807) is 7.11 Å². The van der Waals surface area contributed by atoms with Crippen LogP contribution in [0.1, 0.15) is 37.6 Å². The van der Waals surface area contributed by atoms with Gasteiger partial charge in [-0.3, -0.25) is 4.98 Å². The molecule has 1 unspecified atom stereocenters. The van der Waals surface area contributed by atoms with Crippen LogP contribution >= 0.6 is 11.6 Å². The fraction of sp³-hybridized carbons (Fsp3) is 0.667. The molecule has 3 heteroatoms. The number of aromatic nitrogens is 1. The lowest BCUT2D eigenvalue weighted by Gasteiger charge is -2.29. The lowest BCUT2D eigenvalue weighted by atomic mass is 9.79. The van der Waals surface area contributed by atoms with E-state index in [9.17, 15) is 0 Å². The van der Waals surface area contributed by atoms with Crippen molar-refractivity contribution in [1.29, 1.82) is 0 Å². The molecule has 1 aromatic heterocycles. The number of halogens is 1. The van der Waals surface area contributed by atoms with Gasteiger partial charge >= 0.3 is 0 Å². The number of methoxy groups -OCH3 is 1. The van der Waals surface area contributed by atoms with E-state index in [4.69, 9.17) is 16.3 Å². The number of pyridine rings is 1. The Balaban J connectivity index is 3.05. The summed E-state index contributed by atoms with van der Waals surface area (Å²) in [6.45, 7) is 10.8. The molecular weight excluding hydrogens is 246 g/mol. The van der Waals surface area contributed by atoms with Crippen molar-refractivity contribution in [1.82, 2.24) is 4.98 Å². The zero-order chi connectivity index (χ0) is 13.9. The third-order valence-electron chi connectivity index (χ3n) is 3.60. The highest BCUT2D eigenvalue weighted by atomic mass is 35.5. The topological polar surface area (TPSA) is 22.1 Å². The second-order valence-electron chi connectivity index (χ2n) is 5.97. The summed E-state index contributed by atoms with van der Waals surface area (Å²) in [5.41, 5.74) is 3.50. The monoisotopic (exact) mass is 269 g/mol. The summed E-state index contributed by atoms with van der Waals surface area (Å²) < 4.78 is 5.44. The van der Waals surface area contributed by atoms with Crippen molar-refractivity contribution < 1.29 is 4.74 Å². The van der Waals surface area contributed by atoms with Gasteiger partial charge in [-0.15, -0.1) is 11.6 Å². The number of rotatable bonds is 4. The maximum atomic E-state index is 6.10. The van der Waals surface area contributed by atoms with Crippen molar-refractivity contribution >= 4 is 11.6 Å². The molecule has 0 saturated heterocycles. The van der Waals surface area contributed by atoms with Gasteiger partial charge in [-0.2, -0.15) is 0 Å². The highest BCUT2D eigenvalue weighted by Gasteiger charge is 2.25. The summed E-state index contributed by atoms with van der Waals surface area (Å²) in [6, 6.07) is 0. The Labute approximate surface area is 116 Å². The molecular formula is C15H24ClNO. The Hall–Kier alpha value is -0.760. The number of aryl methyl sites for hydroxylation is 1. The van der Waals surface area contributed by atoms with E-state index in [1.165, 1.54) is 0 Å². The lowest BCUT2D eigenvalue weighted by Crippen LogP contribution is -2.25. The minimum atomic E-state index is 0.188. The maximum absolute atomic E-state index is 6.10. The van der Waals surface area contributed by atoms with Crippen LogP contribution in [0.3, 0.4) is 0 Å². The molecule has 1 atom stereocenters. The molecule has 0 spiro atoms. The molecule has 0 fully saturated rings. The van der Waals surface area contributed by atoms with Crippen LogP contribution in [-0.2, 0) is 6.42 Å². The van der Waals surface area contributed by atoms with Crippen molar-refractivity contribution in [3.8, 4) is 5.75 Å². The molecule has 0 amide bonds. The highest BCUT2D eigenvalue weighted by molar-refractivity contribution is 6.18. The molecule has 0 radical (unpaired) electrons. The summed E-state index contributed by atoms with van der Waals surface area (Å²) in [6.07, 6.45) is 2.78. The zero-order valence-corrected chi connectivity index (χ0v) is 13.1. The molecule has 0 N–H and O–H groups in total. The van der Waals surface area contributed by atoms with Gasteiger partial charge in [-0.05, 0) is 31.6 Å². The van der Waals surface area contributed by atoms with Crippen molar-refractivity contribution in [2.75, 3.05) is 13.0 Å². The lowest BCUT2D eigenvalue weighted by molar-refractivity contribution is 0.261. The predicted octanol–water partition coefficient (Wildman–Crippen LogP) is 4.15. The number of hydrogen-bond acceptors (Lipinski definition) is 2. The van der Waals surface area contributed by atoms with Crippen LogP contribution < -0.4 is 4.74 Å². The number of nitrogens with zero attached hydrogens (tertiary/aromatic N) is 1. The molecule has 0 saturated carbocycles. The fourth-order valence-corrected chi connectivity index (χ4v) is 2.67. The molecule has 1 aromatic rings. The molecule has 18 heavy (non-hydrogen) atoms. The quantitative estimate of drug-likeness (QED) is 0.766. The van der Waals surface area contributed by atoms with Crippen molar-refractivity contribution in [3.63, 3.8) is 0 Å². The van der Waals surface area contributed by atoms with Crippen LogP contribution in [0.4, 0.5) is 0 Å². The molecule has 0 aliphatic rings. The molecule has 0 aliphatic heterocycles. The number of ether oxygens (including phenoxy) is 1. The summed E-state index contributed by atoms with van der Waals surface area (Å²) >= 11 is 6.10. The van der Waals surface area contributed by atoms with E-state index in [0.29, 0.717) is 11.8 Å².